The molecule has 1 atom stereocenters. The second-order valence-electron chi connectivity index (χ2n) is 4.95. The van der Waals surface area contributed by atoms with Crippen LogP contribution in [0.4, 0.5) is 0 Å². The van der Waals surface area contributed by atoms with Gasteiger partial charge in [0.25, 0.3) is 0 Å². The fourth-order valence-corrected chi connectivity index (χ4v) is 2.79. The average Bonchev–Trinajstić information content (AvgIpc) is 2.78. The Kier molecular flexibility index (Phi) is 3.99. The van der Waals surface area contributed by atoms with Gasteiger partial charge in [-0.1, -0.05) is 6.42 Å². The minimum absolute atomic E-state index is 0.239. The zero-order valence-corrected chi connectivity index (χ0v) is 10.1. The number of amides is 1. The monoisotopic (exact) mass is 240 g/mol. The second-order valence-corrected chi connectivity index (χ2v) is 4.95. The second kappa shape index (κ2) is 5.49. The van der Waals surface area contributed by atoms with E-state index in [0.717, 1.165) is 19.5 Å². The Morgan fingerprint density at radius 1 is 1.12 bits per heavy atom. The van der Waals surface area contributed by atoms with Gasteiger partial charge >= 0.3 is 5.97 Å². The van der Waals surface area contributed by atoms with Crippen LogP contribution in [0.1, 0.15) is 32.1 Å². The normalized spacial score (nSPS) is 26.1. The molecule has 2 saturated heterocycles. The van der Waals surface area contributed by atoms with Crippen LogP contribution in [0.3, 0.4) is 0 Å². The number of hydrogen-bond donors (Lipinski definition) is 1. The topological polar surface area (TPSA) is 60.9 Å². The van der Waals surface area contributed by atoms with Gasteiger partial charge in [-0.2, -0.15) is 0 Å². The first kappa shape index (κ1) is 12.4. The van der Waals surface area contributed by atoms with E-state index in [1.54, 1.807) is 4.90 Å². The largest absolute Gasteiger partial charge is 0.481 e. The van der Waals surface area contributed by atoms with Gasteiger partial charge in [-0.25, -0.2) is 0 Å². The molecule has 1 unspecified atom stereocenters. The molecule has 0 aromatic heterocycles. The van der Waals surface area contributed by atoms with Crippen LogP contribution in [0.5, 0.6) is 0 Å². The van der Waals surface area contributed by atoms with Crippen molar-refractivity contribution in [1.29, 1.82) is 0 Å². The predicted molar refractivity (Wildman–Crippen MR) is 62.7 cm³/mol. The van der Waals surface area contributed by atoms with Crippen molar-refractivity contribution >= 4 is 11.9 Å². The summed E-state index contributed by atoms with van der Waals surface area (Å²) in [5.41, 5.74) is 0. The Hall–Kier alpha value is -1.10. The van der Waals surface area contributed by atoms with Crippen LogP contribution in [-0.2, 0) is 9.59 Å². The van der Waals surface area contributed by atoms with Crippen LogP contribution in [0.25, 0.3) is 0 Å². The fourth-order valence-electron chi connectivity index (χ4n) is 2.79. The lowest BCUT2D eigenvalue weighted by molar-refractivity contribution is -0.143. The van der Waals surface area contributed by atoms with Gasteiger partial charge in [-0.05, 0) is 32.4 Å². The lowest BCUT2D eigenvalue weighted by Gasteiger charge is -2.32. The molecule has 0 aromatic carbocycles. The Bertz CT molecular complexity index is 300. The summed E-state index contributed by atoms with van der Waals surface area (Å²) < 4.78 is 0. The summed E-state index contributed by atoms with van der Waals surface area (Å²) in [5, 5.41) is 8.60. The van der Waals surface area contributed by atoms with E-state index in [4.69, 9.17) is 5.11 Å². The summed E-state index contributed by atoms with van der Waals surface area (Å²) in [5.74, 6) is -1.27. The van der Waals surface area contributed by atoms with Crippen LogP contribution in [0, 0.1) is 0 Å². The highest BCUT2D eigenvalue weighted by molar-refractivity contribution is 5.93. The van der Waals surface area contributed by atoms with Gasteiger partial charge in [0, 0.05) is 19.1 Å². The fraction of sp³-hybridized carbons (Fsp3) is 0.833. The number of hydrogen-bond acceptors (Lipinski definition) is 3. The SMILES string of the molecule is O=C(O)CC(=O)N1CCC(N2CCCCC2)C1. The van der Waals surface area contributed by atoms with Crippen molar-refractivity contribution in [2.24, 2.45) is 0 Å². The molecule has 0 saturated carbocycles. The minimum Gasteiger partial charge on any atom is -0.481 e. The summed E-state index contributed by atoms with van der Waals surface area (Å²) >= 11 is 0. The number of carbonyl (C=O) groups excluding carboxylic acids is 1. The summed E-state index contributed by atoms with van der Waals surface area (Å²) in [7, 11) is 0. The van der Waals surface area contributed by atoms with E-state index in [1.807, 2.05) is 0 Å². The molecule has 2 aliphatic rings. The van der Waals surface area contributed by atoms with Gasteiger partial charge in [0.1, 0.15) is 6.42 Å². The molecule has 0 bridgehead atoms. The molecule has 1 N–H and O–H groups in total. The molecule has 17 heavy (non-hydrogen) atoms. The van der Waals surface area contributed by atoms with Crippen LogP contribution >= 0.6 is 0 Å². The van der Waals surface area contributed by atoms with Crippen molar-refractivity contribution < 1.29 is 14.7 Å². The lowest BCUT2D eigenvalue weighted by atomic mass is 10.1. The first-order valence-electron chi connectivity index (χ1n) is 6.40. The highest BCUT2D eigenvalue weighted by Crippen LogP contribution is 2.20. The van der Waals surface area contributed by atoms with Crippen molar-refractivity contribution in [1.82, 2.24) is 9.80 Å². The first-order chi connectivity index (χ1) is 8.16. The zero-order chi connectivity index (χ0) is 12.3. The molecule has 0 aliphatic carbocycles. The number of likely N-dealkylation sites (tertiary alicyclic amines) is 2. The summed E-state index contributed by atoms with van der Waals surface area (Å²) in [6.07, 6.45) is 4.43. The number of aliphatic carboxylic acids is 1. The van der Waals surface area contributed by atoms with Crippen molar-refractivity contribution in [3.63, 3.8) is 0 Å². The number of piperidine rings is 1. The van der Waals surface area contributed by atoms with Crippen LogP contribution < -0.4 is 0 Å². The third-order valence-corrected chi connectivity index (χ3v) is 3.73. The highest BCUT2D eigenvalue weighted by atomic mass is 16.4. The van der Waals surface area contributed by atoms with E-state index >= 15 is 0 Å². The molecular weight excluding hydrogens is 220 g/mol. The predicted octanol–water partition coefficient (Wildman–Crippen LogP) is 0.548. The average molecular weight is 240 g/mol. The molecule has 2 heterocycles. The molecule has 2 aliphatic heterocycles. The van der Waals surface area contributed by atoms with E-state index in [0.29, 0.717) is 19.1 Å². The summed E-state index contributed by atoms with van der Waals surface area (Å²) in [4.78, 5) is 26.3. The number of carboxylic acid groups (broad SMARTS) is 1. The molecule has 2 fully saturated rings. The van der Waals surface area contributed by atoms with Gasteiger partial charge in [-0.3, -0.25) is 14.5 Å². The lowest BCUT2D eigenvalue weighted by Crippen LogP contribution is -2.41. The van der Waals surface area contributed by atoms with E-state index in [9.17, 15) is 9.59 Å². The van der Waals surface area contributed by atoms with Crippen molar-refractivity contribution in [3.8, 4) is 0 Å². The number of nitrogens with zero attached hydrogens (tertiary/aromatic N) is 2. The van der Waals surface area contributed by atoms with E-state index in [1.165, 1.54) is 19.3 Å². The van der Waals surface area contributed by atoms with Crippen LogP contribution in [-0.4, -0.2) is 59.0 Å². The molecular formula is C12H20N2O3. The Morgan fingerprint density at radius 3 is 2.47 bits per heavy atom. The minimum atomic E-state index is -1.03. The van der Waals surface area contributed by atoms with E-state index in [-0.39, 0.29) is 12.3 Å². The molecule has 2 rings (SSSR count). The van der Waals surface area contributed by atoms with Gasteiger partial charge < -0.3 is 10.0 Å². The molecule has 0 spiro atoms. The van der Waals surface area contributed by atoms with Crippen molar-refractivity contribution in [2.75, 3.05) is 26.2 Å². The molecule has 0 aromatic rings. The molecule has 0 radical (unpaired) electrons. The van der Waals surface area contributed by atoms with Crippen molar-refractivity contribution in [2.45, 2.75) is 38.1 Å². The maximum absolute atomic E-state index is 11.6. The maximum Gasteiger partial charge on any atom is 0.312 e. The third kappa shape index (κ3) is 3.19. The van der Waals surface area contributed by atoms with Crippen LogP contribution in [0.15, 0.2) is 0 Å². The van der Waals surface area contributed by atoms with Crippen molar-refractivity contribution in [3.05, 3.63) is 0 Å². The maximum atomic E-state index is 11.6. The van der Waals surface area contributed by atoms with Gasteiger partial charge in [0.2, 0.25) is 5.91 Å². The number of rotatable bonds is 3. The van der Waals surface area contributed by atoms with E-state index in [2.05, 4.69) is 4.90 Å². The summed E-state index contributed by atoms with van der Waals surface area (Å²) in [6, 6.07) is 0.452. The first-order valence-corrected chi connectivity index (χ1v) is 6.40. The van der Waals surface area contributed by atoms with Crippen LogP contribution in [0.2, 0.25) is 0 Å². The third-order valence-electron chi connectivity index (χ3n) is 3.73. The quantitative estimate of drug-likeness (QED) is 0.732. The number of carbonyl (C=O) groups is 2. The van der Waals surface area contributed by atoms with Gasteiger partial charge in [0.15, 0.2) is 0 Å². The Balaban J connectivity index is 1.82. The smallest absolute Gasteiger partial charge is 0.312 e. The molecule has 5 heteroatoms. The molecule has 1 amide bonds. The Labute approximate surface area is 101 Å². The highest BCUT2D eigenvalue weighted by Gasteiger charge is 2.31. The van der Waals surface area contributed by atoms with Gasteiger partial charge in [-0.15, -0.1) is 0 Å². The van der Waals surface area contributed by atoms with E-state index < -0.39 is 5.97 Å². The number of carboxylic acids is 1. The standard InChI is InChI=1S/C12H20N2O3/c15-11(8-12(16)17)14-7-4-10(9-14)13-5-2-1-3-6-13/h10H,1-9H2,(H,16,17). The Morgan fingerprint density at radius 2 is 1.82 bits per heavy atom. The summed E-state index contributed by atoms with van der Waals surface area (Å²) in [6.45, 7) is 3.69. The molecule has 5 nitrogen and oxygen atoms in total. The zero-order valence-electron chi connectivity index (χ0n) is 10.1. The molecule has 96 valence electrons. The van der Waals surface area contributed by atoms with Gasteiger partial charge in [0.05, 0.1) is 0 Å².